The Morgan fingerprint density at radius 1 is 0.647 bits per heavy atom. The van der Waals surface area contributed by atoms with Gasteiger partial charge in [0.25, 0.3) is 0 Å². The van der Waals surface area contributed by atoms with Gasteiger partial charge in [-0.1, -0.05) is 36.4 Å². The maximum atomic E-state index is 13.5. The first-order valence-electron chi connectivity index (χ1n) is 10.8. The van der Waals surface area contributed by atoms with Crippen molar-refractivity contribution in [3.8, 4) is 11.4 Å². The molecule has 4 aromatic rings. The van der Waals surface area contributed by atoms with Gasteiger partial charge in [-0.25, -0.2) is 18.7 Å². The zero-order chi connectivity index (χ0) is 25.0. The van der Waals surface area contributed by atoms with Crippen LogP contribution in [0.1, 0.15) is 41.5 Å². The SMILES string of the molecule is CC(C)(C)OC(=O)n1c(-c2c(I)c3ccccc3n2C(=O)OC(C)(C)C)c(I)c2ccccc21. The topological polar surface area (TPSA) is 62.5 Å². The van der Waals surface area contributed by atoms with E-state index in [4.69, 9.17) is 9.47 Å². The molecule has 2 aromatic heterocycles. The molecule has 0 aliphatic rings. The van der Waals surface area contributed by atoms with E-state index in [1.165, 1.54) is 0 Å². The lowest BCUT2D eigenvalue weighted by Crippen LogP contribution is -2.29. The highest BCUT2D eigenvalue weighted by molar-refractivity contribution is 14.1. The molecule has 178 valence electrons. The molecule has 8 heteroatoms. The Morgan fingerprint density at radius 3 is 1.29 bits per heavy atom. The number of hydrogen-bond acceptors (Lipinski definition) is 4. The Kier molecular flexibility index (Phi) is 6.52. The van der Waals surface area contributed by atoms with Crippen molar-refractivity contribution < 1.29 is 19.1 Å². The molecule has 0 radical (unpaired) electrons. The van der Waals surface area contributed by atoms with E-state index in [1.807, 2.05) is 90.1 Å². The second kappa shape index (κ2) is 8.85. The van der Waals surface area contributed by atoms with Crippen LogP contribution in [0.3, 0.4) is 0 Å². The average molecular weight is 684 g/mol. The Balaban J connectivity index is 2.11. The number of aromatic nitrogens is 2. The Morgan fingerprint density at radius 2 is 0.971 bits per heavy atom. The number of ether oxygens (including phenoxy) is 2. The molecule has 4 rings (SSSR count). The van der Waals surface area contributed by atoms with Gasteiger partial charge in [0.05, 0.1) is 22.4 Å². The fourth-order valence-corrected chi connectivity index (χ4v) is 5.72. The van der Waals surface area contributed by atoms with Crippen LogP contribution in [0.5, 0.6) is 0 Å². The van der Waals surface area contributed by atoms with Gasteiger partial charge < -0.3 is 9.47 Å². The van der Waals surface area contributed by atoms with Gasteiger partial charge >= 0.3 is 12.2 Å². The summed E-state index contributed by atoms with van der Waals surface area (Å²) in [6, 6.07) is 15.3. The van der Waals surface area contributed by atoms with Crippen LogP contribution in [0.2, 0.25) is 0 Å². The van der Waals surface area contributed by atoms with E-state index >= 15 is 0 Å². The van der Waals surface area contributed by atoms with Crippen LogP contribution in [-0.4, -0.2) is 32.5 Å². The molecule has 0 fully saturated rings. The number of rotatable bonds is 1. The summed E-state index contributed by atoms with van der Waals surface area (Å²) in [5, 5.41) is 1.81. The molecule has 0 saturated heterocycles. The molecule has 0 aliphatic carbocycles. The molecule has 2 aromatic carbocycles. The predicted octanol–water partition coefficient (Wildman–Crippen LogP) is 8.04. The first-order chi connectivity index (χ1) is 15.8. The molecule has 2 heterocycles. The van der Waals surface area contributed by atoms with E-state index in [9.17, 15) is 9.59 Å². The lowest BCUT2D eigenvalue weighted by Gasteiger charge is -2.23. The third-order valence-corrected chi connectivity index (χ3v) is 7.19. The maximum absolute atomic E-state index is 13.5. The molecule has 0 bridgehead atoms. The van der Waals surface area contributed by atoms with Gasteiger partial charge in [-0.2, -0.15) is 0 Å². The van der Waals surface area contributed by atoms with E-state index in [1.54, 1.807) is 9.13 Å². The molecule has 0 spiro atoms. The molecular formula is C26H26I2N2O4. The second-order valence-electron chi connectivity index (χ2n) is 9.99. The van der Waals surface area contributed by atoms with E-state index in [0.717, 1.165) is 17.9 Å². The summed E-state index contributed by atoms with van der Waals surface area (Å²) in [6.45, 7) is 11.0. The number of nitrogens with zero attached hydrogens (tertiary/aromatic N) is 2. The van der Waals surface area contributed by atoms with Crippen LogP contribution in [-0.2, 0) is 9.47 Å². The van der Waals surface area contributed by atoms with E-state index in [-0.39, 0.29) is 0 Å². The molecule has 0 atom stereocenters. The number of benzene rings is 2. The van der Waals surface area contributed by atoms with Gasteiger partial charge in [-0.05, 0) is 98.9 Å². The van der Waals surface area contributed by atoms with Crippen molar-refractivity contribution in [3.63, 3.8) is 0 Å². The number of fused-ring (bicyclic) bond motifs is 2. The fourth-order valence-electron chi connectivity index (χ4n) is 3.81. The summed E-state index contributed by atoms with van der Waals surface area (Å²) in [7, 11) is 0. The van der Waals surface area contributed by atoms with Crippen molar-refractivity contribution in [2.45, 2.75) is 52.7 Å². The van der Waals surface area contributed by atoms with E-state index in [2.05, 4.69) is 45.2 Å². The predicted molar refractivity (Wildman–Crippen MR) is 152 cm³/mol. The third-order valence-electron chi connectivity index (χ3n) is 5.00. The zero-order valence-electron chi connectivity index (χ0n) is 19.9. The molecule has 0 amide bonds. The minimum absolute atomic E-state index is 0.501. The number of hydrogen-bond donors (Lipinski definition) is 0. The highest BCUT2D eigenvalue weighted by atomic mass is 127. The molecule has 0 saturated carbocycles. The summed E-state index contributed by atoms with van der Waals surface area (Å²) in [6.07, 6.45) is -1.00. The zero-order valence-corrected chi connectivity index (χ0v) is 24.2. The van der Waals surface area contributed by atoms with Gasteiger partial charge in [-0.15, -0.1) is 0 Å². The molecule has 0 unspecified atom stereocenters. The highest BCUT2D eigenvalue weighted by Gasteiger charge is 2.32. The third kappa shape index (κ3) is 4.58. The molecule has 0 N–H and O–H groups in total. The Hall–Kier alpha value is -2.08. The van der Waals surface area contributed by atoms with Crippen LogP contribution in [0.4, 0.5) is 9.59 Å². The summed E-state index contributed by atoms with van der Waals surface area (Å²) in [5.74, 6) is 0. The summed E-state index contributed by atoms with van der Waals surface area (Å²) >= 11 is 4.49. The van der Waals surface area contributed by atoms with Crippen LogP contribution >= 0.6 is 45.2 Å². The van der Waals surface area contributed by atoms with Crippen molar-refractivity contribution in [2.75, 3.05) is 0 Å². The minimum Gasteiger partial charge on any atom is -0.443 e. The lowest BCUT2D eigenvalue weighted by atomic mass is 10.2. The lowest BCUT2D eigenvalue weighted by molar-refractivity contribution is 0.0527. The first-order valence-corrected chi connectivity index (χ1v) is 13.0. The standard InChI is InChI=1S/C26H26I2N2O4/c1-25(2,3)33-23(31)29-17-13-9-7-11-15(17)19(27)21(29)22-20(28)16-12-8-10-14-18(16)30(22)24(32)34-26(4,5)6/h7-14H,1-6H3. The average Bonchev–Trinajstić information content (AvgIpc) is 3.17. The van der Waals surface area contributed by atoms with Crippen molar-refractivity contribution in [1.29, 1.82) is 0 Å². The van der Waals surface area contributed by atoms with Gasteiger partial charge in [-0.3, -0.25) is 0 Å². The number of carbonyl (C=O) groups is 2. The summed E-state index contributed by atoms with van der Waals surface area (Å²) in [5.41, 5.74) is 1.26. The van der Waals surface area contributed by atoms with Gasteiger partial charge in [0, 0.05) is 17.9 Å². The van der Waals surface area contributed by atoms with Gasteiger partial charge in [0.1, 0.15) is 11.2 Å². The monoisotopic (exact) mass is 684 g/mol. The van der Waals surface area contributed by atoms with Crippen molar-refractivity contribution in [3.05, 3.63) is 55.7 Å². The van der Waals surface area contributed by atoms with Crippen LogP contribution < -0.4 is 0 Å². The van der Waals surface area contributed by atoms with Crippen molar-refractivity contribution in [2.24, 2.45) is 0 Å². The number of carbonyl (C=O) groups excluding carboxylic acids is 2. The molecule has 34 heavy (non-hydrogen) atoms. The smallest absolute Gasteiger partial charge is 0.419 e. The Bertz CT molecular complexity index is 1330. The van der Waals surface area contributed by atoms with Crippen LogP contribution in [0.15, 0.2) is 48.5 Å². The maximum Gasteiger partial charge on any atom is 0.419 e. The van der Waals surface area contributed by atoms with Crippen molar-refractivity contribution in [1.82, 2.24) is 9.13 Å². The fraction of sp³-hybridized carbons (Fsp3) is 0.308. The van der Waals surface area contributed by atoms with E-state index in [0.29, 0.717) is 22.4 Å². The number of halogens is 2. The minimum atomic E-state index is -0.684. The highest BCUT2D eigenvalue weighted by Crippen LogP contribution is 2.41. The van der Waals surface area contributed by atoms with Crippen LogP contribution in [0, 0.1) is 7.14 Å². The summed E-state index contributed by atoms with van der Waals surface area (Å²) < 4.78 is 16.4. The summed E-state index contributed by atoms with van der Waals surface area (Å²) in [4.78, 5) is 27.1. The van der Waals surface area contributed by atoms with E-state index < -0.39 is 23.4 Å². The normalized spacial score (nSPS) is 12.4. The molecular weight excluding hydrogens is 658 g/mol. The second-order valence-corrected chi connectivity index (χ2v) is 12.1. The van der Waals surface area contributed by atoms with Crippen molar-refractivity contribution >= 4 is 79.2 Å². The first kappa shape index (κ1) is 25.0. The number of para-hydroxylation sites is 2. The Labute approximate surface area is 225 Å². The molecule has 6 nitrogen and oxygen atoms in total. The van der Waals surface area contributed by atoms with Gasteiger partial charge in [0.2, 0.25) is 0 Å². The quantitative estimate of drug-likeness (QED) is 0.191. The van der Waals surface area contributed by atoms with Gasteiger partial charge in [0.15, 0.2) is 0 Å². The molecule has 0 aliphatic heterocycles. The largest absolute Gasteiger partial charge is 0.443 e. The van der Waals surface area contributed by atoms with Crippen LogP contribution in [0.25, 0.3) is 33.2 Å².